The van der Waals surface area contributed by atoms with Crippen LogP contribution in [0.3, 0.4) is 0 Å². The van der Waals surface area contributed by atoms with Crippen molar-refractivity contribution in [2.24, 2.45) is 0 Å². The van der Waals surface area contributed by atoms with Crippen molar-refractivity contribution < 1.29 is 18.7 Å². The van der Waals surface area contributed by atoms with E-state index >= 15 is 0 Å². The van der Waals surface area contributed by atoms with Crippen LogP contribution in [0.4, 0.5) is 0 Å². The molecule has 0 bridgehead atoms. The van der Waals surface area contributed by atoms with E-state index < -0.39 is 0 Å². The van der Waals surface area contributed by atoms with Gasteiger partial charge in [-0.1, -0.05) is 18.2 Å². The van der Waals surface area contributed by atoms with E-state index in [0.29, 0.717) is 24.6 Å². The topological polar surface area (TPSA) is 55.2 Å². The minimum absolute atomic E-state index is 0.00719. The largest absolute Gasteiger partial charge is 0.493 e. The molecule has 6 heteroatoms. The maximum Gasteiger partial charge on any atom is 0.260 e. The SMILES string of the molecule is C/C=C/c1ccc(OCC(=O)N2CCN(Cc3ccco3)CC2)c(OC)c1. The number of ether oxygens (including phenoxy) is 2. The van der Waals surface area contributed by atoms with Crippen molar-refractivity contribution in [3.05, 3.63) is 54.0 Å². The Balaban J connectivity index is 1.48. The van der Waals surface area contributed by atoms with Crippen LogP contribution in [0.25, 0.3) is 6.08 Å². The Morgan fingerprint density at radius 3 is 2.67 bits per heavy atom. The summed E-state index contributed by atoms with van der Waals surface area (Å²) in [6.45, 7) is 5.80. The monoisotopic (exact) mass is 370 g/mol. The predicted molar refractivity (Wildman–Crippen MR) is 104 cm³/mol. The van der Waals surface area contributed by atoms with Gasteiger partial charge < -0.3 is 18.8 Å². The Hall–Kier alpha value is -2.73. The molecule has 1 aromatic heterocycles. The number of carbonyl (C=O) groups excluding carboxylic acids is 1. The van der Waals surface area contributed by atoms with Crippen LogP contribution in [-0.4, -0.2) is 55.6 Å². The number of piperazine rings is 1. The van der Waals surface area contributed by atoms with Crippen LogP contribution in [0.5, 0.6) is 11.5 Å². The highest BCUT2D eigenvalue weighted by Crippen LogP contribution is 2.28. The maximum atomic E-state index is 12.5. The lowest BCUT2D eigenvalue weighted by Gasteiger charge is -2.34. The summed E-state index contributed by atoms with van der Waals surface area (Å²) in [6.07, 6.45) is 5.63. The van der Waals surface area contributed by atoms with Crippen LogP contribution >= 0.6 is 0 Å². The average Bonchev–Trinajstić information content (AvgIpc) is 3.20. The predicted octanol–water partition coefficient (Wildman–Crippen LogP) is 3.04. The number of benzene rings is 1. The number of amides is 1. The normalized spacial score (nSPS) is 15.3. The molecular formula is C21H26N2O4. The van der Waals surface area contributed by atoms with Gasteiger partial charge in [-0.15, -0.1) is 0 Å². The molecule has 6 nitrogen and oxygen atoms in total. The summed E-state index contributed by atoms with van der Waals surface area (Å²) in [5.74, 6) is 2.15. The third-order valence-corrected chi connectivity index (χ3v) is 4.58. The molecule has 0 radical (unpaired) electrons. The molecule has 27 heavy (non-hydrogen) atoms. The summed E-state index contributed by atoms with van der Waals surface area (Å²) in [5, 5.41) is 0. The summed E-state index contributed by atoms with van der Waals surface area (Å²) >= 11 is 0. The second-order valence-electron chi connectivity index (χ2n) is 6.44. The molecule has 2 aromatic rings. The van der Waals surface area contributed by atoms with Crippen LogP contribution in [0, 0.1) is 0 Å². The fourth-order valence-electron chi connectivity index (χ4n) is 3.11. The minimum Gasteiger partial charge on any atom is -0.493 e. The molecule has 1 fully saturated rings. The van der Waals surface area contributed by atoms with Gasteiger partial charge in [0.1, 0.15) is 5.76 Å². The van der Waals surface area contributed by atoms with Crippen molar-refractivity contribution in [1.82, 2.24) is 9.80 Å². The first-order valence-electron chi connectivity index (χ1n) is 9.15. The Kier molecular flexibility index (Phi) is 6.54. The molecule has 0 N–H and O–H groups in total. The second-order valence-corrected chi connectivity index (χ2v) is 6.44. The lowest BCUT2D eigenvalue weighted by molar-refractivity contribution is -0.135. The number of furan rings is 1. The molecule has 0 unspecified atom stereocenters. The quantitative estimate of drug-likeness (QED) is 0.750. The van der Waals surface area contributed by atoms with E-state index in [-0.39, 0.29) is 12.5 Å². The Morgan fingerprint density at radius 1 is 1.19 bits per heavy atom. The molecule has 1 aliphatic rings. The number of hydrogen-bond donors (Lipinski definition) is 0. The van der Waals surface area contributed by atoms with Crippen LogP contribution in [0.1, 0.15) is 18.2 Å². The van der Waals surface area contributed by atoms with Crippen molar-refractivity contribution in [3.63, 3.8) is 0 Å². The first-order chi connectivity index (χ1) is 13.2. The molecular weight excluding hydrogens is 344 g/mol. The number of allylic oxidation sites excluding steroid dienone is 1. The summed E-state index contributed by atoms with van der Waals surface area (Å²) in [6, 6.07) is 9.54. The molecule has 0 saturated carbocycles. The fourth-order valence-corrected chi connectivity index (χ4v) is 3.11. The van der Waals surface area contributed by atoms with Crippen molar-refractivity contribution in [3.8, 4) is 11.5 Å². The van der Waals surface area contributed by atoms with E-state index in [1.165, 1.54) is 0 Å². The van der Waals surface area contributed by atoms with Crippen molar-refractivity contribution >= 4 is 12.0 Å². The maximum absolute atomic E-state index is 12.5. The van der Waals surface area contributed by atoms with Gasteiger partial charge in [0.25, 0.3) is 5.91 Å². The zero-order valence-electron chi connectivity index (χ0n) is 15.9. The van der Waals surface area contributed by atoms with Gasteiger partial charge in [0.2, 0.25) is 0 Å². The number of methoxy groups -OCH3 is 1. The lowest BCUT2D eigenvalue weighted by Crippen LogP contribution is -2.49. The third-order valence-electron chi connectivity index (χ3n) is 4.58. The van der Waals surface area contributed by atoms with Crippen molar-refractivity contribution in [2.45, 2.75) is 13.5 Å². The molecule has 1 saturated heterocycles. The van der Waals surface area contributed by atoms with E-state index in [0.717, 1.165) is 31.0 Å². The third kappa shape index (κ3) is 5.14. The first kappa shape index (κ1) is 19.0. The number of hydrogen-bond acceptors (Lipinski definition) is 5. The molecule has 0 aliphatic carbocycles. The zero-order chi connectivity index (χ0) is 19.1. The van der Waals surface area contributed by atoms with Gasteiger partial charge in [0.05, 0.1) is 19.9 Å². The Bertz CT molecular complexity index is 762. The van der Waals surface area contributed by atoms with E-state index in [4.69, 9.17) is 13.9 Å². The smallest absolute Gasteiger partial charge is 0.260 e. The number of rotatable bonds is 7. The van der Waals surface area contributed by atoms with Gasteiger partial charge in [-0.3, -0.25) is 9.69 Å². The first-order valence-corrected chi connectivity index (χ1v) is 9.15. The van der Waals surface area contributed by atoms with Crippen molar-refractivity contribution in [1.29, 1.82) is 0 Å². The van der Waals surface area contributed by atoms with E-state index in [1.807, 2.05) is 54.3 Å². The summed E-state index contributed by atoms with van der Waals surface area (Å²) < 4.78 is 16.5. The van der Waals surface area contributed by atoms with Crippen LogP contribution in [0.15, 0.2) is 47.1 Å². The zero-order valence-corrected chi connectivity index (χ0v) is 15.9. The average molecular weight is 370 g/mol. The summed E-state index contributed by atoms with van der Waals surface area (Å²) in [7, 11) is 1.60. The summed E-state index contributed by atoms with van der Waals surface area (Å²) in [4.78, 5) is 16.6. The Labute approximate surface area is 160 Å². The van der Waals surface area contributed by atoms with Crippen LogP contribution in [0.2, 0.25) is 0 Å². The highest BCUT2D eigenvalue weighted by Gasteiger charge is 2.22. The van der Waals surface area contributed by atoms with E-state index in [2.05, 4.69) is 4.90 Å². The summed E-state index contributed by atoms with van der Waals surface area (Å²) in [5.41, 5.74) is 1.03. The molecule has 0 atom stereocenters. The van der Waals surface area contributed by atoms with E-state index in [1.54, 1.807) is 13.4 Å². The van der Waals surface area contributed by atoms with Crippen molar-refractivity contribution in [2.75, 3.05) is 39.9 Å². The van der Waals surface area contributed by atoms with Gasteiger partial charge in [-0.05, 0) is 36.8 Å². The van der Waals surface area contributed by atoms with Gasteiger partial charge in [-0.25, -0.2) is 0 Å². The standard InChI is InChI=1S/C21H26N2O4/c1-3-5-17-7-8-19(20(14-17)25-2)27-16-21(24)23-11-9-22(10-12-23)15-18-6-4-13-26-18/h3-8,13-14H,9-12,15-16H2,1-2H3/b5-3+. The molecule has 0 spiro atoms. The highest BCUT2D eigenvalue weighted by molar-refractivity contribution is 5.78. The van der Waals surface area contributed by atoms with Gasteiger partial charge in [0.15, 0.2) is 18.1 Å². The number of nitrogens with zero attached hydrogens (tertiary/aromatic N) is 2. The molecule has 2 heterocycles. The van der Waals surface area contributed by atoms with Gasteiger partial charge >= 0.3 is 0 Å². The molecule has 1 aliphatic heterocycles. The second kappa shape index (κ2) is 9.28. The highest BCUT2D eigenvalue weighted by atomic mass is 16.5. The van der Waals surface area contributed by atoms with Crippen LogP contribution in [-0.2, 0) is 11.3 Å². The lowest BCUT2D eigenvalue weighted by atomic mass is 10.2. The Morgan fingerprint density at radius 2 is 2.00 bits per heavy atom. The van der Waals surface area contributed by atoms with Crippen LogP contribution < -0.4 is 9.47 Å². The molecule has 1 amide bonds. The van der Waals surface area contributed by atoms with Gasteiger partial charge in [0, 0.05) is 26.2 Å². The van der Waals surface area contributed by atoms with E-state index in [9.17, 15) is 4.79 Å². The minimum atomic E-state index is -0.00719. The molecule has 144 valence electrons. The molecule has 3 rings (SSSR count). The number of carbonyl (C=O) groups is 1. The van der Waals surface area contributed by atoms with Gasteiger partial charge in [-0.2, -0.15) is 0 Å². The molecule has 1 aromatic carbocycles. The fraction of sp³-hybridized carbons (Fsp3) is 0.381.